The van der Waals surface area contributed by atoms with Crippen molar-refractivity contribution < 1.29 is 18.0 Å². The molecule has 0 aromatic heterocycles. The smallest absolute Gasteiger partial charge is 0.243 e. The van der Waals surface area contributed by atoms with Crippen LogP contribution in [0.1, 0.15) is 32.8 Å². The number of amides is 2. The van der Waals surface area contributed by atoms with Crippen molar-refractivity contribution in [1.29, 1.82) is 0 Å². The van der Waals surface area contributed by atoms with Gasteiger partial charge in [0.2, 0.25) is 21.8 Å². The molecule has 0 aliphatic rings. The second kappa shape index (κ2) is 12.2. The van der Waals surface area contributed by atoms with E-state index in [0.29, 0.717) is 24.4 Å². The fourth-order valence-corrected chi connectivity index (χ4v) is 4.68. The topological polar surface area (TPSA) is 86.8 Å². The second-order valence-corrected chi connectivity index (χ2v) is 10.6. The summed E-state index contributed by atoms with van der Waals surface area (Å²) >= 11 is 5.86. The number of likely N-dealkylation sites (N-methyl/N-ethyl adjacent to an activating group) is 1. The number of nitrogens with one attached hydrogen (secondary N) is 1. The minimum absolute atomic E-state index is 0.0441. The minimum Gasteiger partial charge on any atom is -0.352 e. The van der Waals surface area contributed by atoms with E-state index in [2.05, 4.69) is 5.32 Å². The number of rotatable bonds is 11. The lowest BCUT2D eigenvalue weighted by molar-refractivity contribution is -0.140. The molecule has 0 saturated carbocycles. The maximum atomic E-state index is 13.3. The van der Waals surface area contributed by atoms with Crippen LogP contribution in [0.15, 0.2) is 59.5 Å². The summed E-state index contributed by atoms with van der Waals surface area (Å²) in [6, 6.07) is 14.6. The molecule has 0 saturated heterocycles. The van der Waals surface area contributed by atoms with E-state index in [-0.39, 0.29) is 23.4 Å². The van der Waals surface area contributed by atoms with Crippen molar-refractivity contribution in [1.82, 2.24) is 14.5 Å². The maximum absolute atomic E-state index is 13.3. The molecular weight excluding hydrogens is 462 g/mol. The lowest BCUT2D eigenvalue weighted by Crippen LogP contribution is -2.53. The van der Waals surface area contributed by atoms with Crippen LogP contribution in [0.4, 0.5) is 0 Å². The fourth-order valence-electron chi connectivity index (χ4n) is 3.43. The Kier molecular flexibility index (Phi) is 9.88. The third-order valence-electron chi connectivity index (χ3n) is 5.18. The summed E-state index contributed by atoms with van der Waals surface area (Å²) < 4.78 is 26.9. The predicted octanol–water partition coefficient (Wildman–Crippen LogP) is 3.34. The summed E-state index contributed by atoms with van der Waals surface area (Å²) in [4.78, 5) is 27.7. The number of sulfonamides is 1. The molecule has 2 rings (SSSR count). The first-order valence-corrected chi connectivity index (χ1v) is 12.7. The Bertz CT molecular complexity index is 1030. The van der Waals surface area contributed by atoms with Crippen LogP contribution in [0.25, 0.3) is 0 Å². The Balaban J connectivity index is 2.25. The summed E-state index contributed by atoms with van der Waals surface area (Å²) in [6.07, 6.45) is 0.957. The molecule has 0 spiro atoms. The van der Waals surface area contributed by atoms with Gasteiger partial charge < -0.3 is 10.2 Å². The van der Waals surface area contributed by atoms with Gasteiger partial charge in [0.15, 0.2) is 0 Å². The zero-order valence-electron chi connectivity index (χ0n) is 19.5. The first-order chi connectivity index (χ1) is 15.6. The largest absolute Gasteiger partial charge is 0.352 e. The molecule has 2 aromatic carbocycles. The number of hydrogen-bond donors (Lipinski definition) is 1. The Hall–Kier alpha value is -2.42. The van der Waals surface area contributed by atoms with Crippen LogP contribution < -0.4 is 5.32 Å². The number of halogens is 1. The van der Waals surface area contributed by atoms with E-state index in [4.69, 9.17) is 11.6 Å². The van der Waals surface area contributed by atoms with Crippen LogP contribution in [-0.4, -0.2) is 61.7 Å². The van der Waals surface area contributed by atoms with Gasteiger partial charge in [-0.3, -0.25) is 9.59 Å². The van der Waals surface area contributed by atoms with Crippen LogP contribution in [0.5, 0.6) is 0 Å². The standard InChI is InChI=1S/C24H32ClN3O4S/c1-5-22(24(30)26-18(2)3)28(16-15-19-9-7-6-8-10-19)23(29)17-27(4)33(31,32)21-13-11-20(25)12-14-21/h6-14,18,22H,5,15-17H2,1-4H3,(H,26,30)/t22-/m0/s1. The normalized spacial score (nSPS) is 12.6. The molecule has 0 radical (unpaired) electrons. The molecule has 1 N–H and O–H groups in total. The first kappa shape index (κ1) is 26.8. The van der Waals surface area contributed by atoms with Gasteiger partial charge in [0.05, 0.1) is 11.4 Å². The fraction of sp³-hybridized carbons (Fsp3) is 0.417. The first-order valence-electron chi connectivity index (χ1n) is 10.9. The van der Waals surface area contributed by atoms with Gasteiger partial charge in [0, 0.05) is 24.7 Å². The molecule has 7 nitrogen and oxygen atoms in total. The van der Waals surface area contributed by atoms with Gasteiger partial charge in [-0.05, 0) is 56.5 Å². The van der Waals surface area contributed by atoms with E-state index < -0.39 is 22.0 Å². The summed E-state index contributed by atoms with van der Waals surface area (Å²) in [5.41, 5.74) is 1.02. The summed E-state index contributed by atoms with van der Waals surface area (Å²) in [5, 5.41) is 3.28. The van der Waals surface area contributed by atoms with Crippen molar-refractivity contribution in [3.05, 3.63) is 65.2 Å². The zero-order valence-corrected chi connectivity index (χ0v) is 21.1. The monoisotopic (exact) mass is 493 g/mol. The van der Waals surface area contributed by atoms with Crippen molar-refractivity contribution in [3.63, 3.8) is 0 Å². The molecule has 0 unspecified atom stereocenters. The molecule has 2 amide bonds. The molecule has 0 bridgehead atoms. The highest BCUT2D eigenvalue weighted by Gasteiger charge is 2.31. The molecular formula is C24H32ClN3O4S. The van der Waals surface area contributed by atoms with Crippen LogP contribution >= 0.6 is 11.6 Å². The van der Waals surface area contributed by atoms with Crippen molar-refractivity contribution in [2.45, 2.75) is 50.6 Å². The zero-order chi connectivity index (χ0) is 24.6. The van der Waals surface area contributed by atoms with E-state index in [1.54, 1.807) is 0 Å². The van der Waals surface area contributed by atoms with Crippen LogP contribution in [0.2, 0.25) is 5.02 Å². The molecule has 1 atom stereocenters. The van der Waals surface area contributed by atoms with Gasteiger partial charge in [0.1, 0.15) is 6.04 Å². The average molecular weight is 494 g/mol. The summed E-state index contributed by atoms with van der Waals surface area (Å²) in [5.74, 6) is -0.686. The van der Waals surface area contributed by atoms with Gasteiger partial charge >= 0.3 is 0 Å². The van der Waals surface area contributed by atoms with Gasteiger partial charge in [-0.25, -0.2) is 8.42 Å². The van der Waals surface area contributed by atoms with E-state index in [9.17, 15) is 18.0 Å². The summed E-state index contributed by atoms with van der Waals surface area (Å²) in [6.45, 7) is 5.45. The number of hydrogen-bond acceptors (Lipinski definition) is 4. The highest BCUT2D eigenvalue weighted by atomic mass is 35.5. The van der Waals surface area contributed by atoms with Crippen LogP contribution in [0, 0.1) is 0 Å². The van der Waals surface area contributed by atoms with E-state index >= 15 is 0 Å². The lowest BCUT2D eigenvalue weighted by Gasteiger charge is -2.32. The Morgan fingerprint density at radius 2 is 1.64 bits per heavy atom. The highest BCUT2D eigenvalue weighted by molar-refractivity contribution is 7.89. The number of benzene rings is 2. The number of carbonyl (C=O) groups is 2. The number of carbonyl (C=O) groups excluding carboxylic acids is 2. The van der Waals surface area contributed by atoms with E-state index in [1.165, 1.54) is 36.2 Å². The van der Waals surface area contributed by atoms with Crippen LogP contribution in [0.3, 0.4) is 0 Å². The molecule has 9 heteroatoms. The van der Waals surface area contributed by atoms with Crippen molar-refractivity contribution >= 4 is 33.4 Å². The molecule has 180 valence electrons. The molecule has 0 heterocycles. The predicted molar refractivity (Wildman–Crippen MR) is 130 cm³/mol. The maximum Gasteiger partial charge on any atom is 0.243 e. The van der Waals surface area contributed by atoms with E-state index in [1.807, 2.05) is 51.1 Å². The highest BCUT2D eigenvalue weighted by Crippen LogP contribution is 2.18. The van der Waals surface area contributed by atoms with Crippen molar-refractivity contribution in [3.8, 4) is 0 Å². The lowest BCUT2D eigenvalue weighted by atomic mass is 10.1. The average Bonchev–Trinajstić information content (AvgIpc) is 2.76. The van der Waals surface area contributed by atoms with E-state index in [0.717, 1.165) is 9.87 Å². The quantitative estimate of drug-likeness (QED) is 0.520. The Morgan fingerprint density at radius 3 is 2.18 bits per heavy atom. The van der Waals surface area contributed by atoms with Gasteiger partial charge in [-0.1, -0.05) is 48.9 Å². The molecule has 33 heavy (non-hydrogen) atoms. The molecule has 0 aliphatic heterocycles. The minimum atomic E-state index is -3.90. The van der Waals surface area contributed by atoms with Gasteiger partial charge in [-0.2, -0.15) is 4.31 Å². The van der Waals surface area contributed by atoms with Crippen molar-refractivity contribution in [2.75, 3.05) is 20.1 Å². The molecule has 0 fully saturated rings. The van der Waals surface area contributed by atoms with Gasteiger partial charge in [-0.15, -0.1) is 0 Å². The summed E-state index contributed by atoms with van der Waals surface area (Å²) in [7, 11) is -2.54. The second-order valence-electron chi connectivity index (χ2n) is 8.13. The SMILES string of the molecule is CC[C@@H](C(=O)NC(C)C)N(CCc1ccccc1)C(=O)CN(C)S(=O)(=O)c1ccc(Cl)cc1. The molecule has 2 aromatic rings. The third kappa shape index (κ3) is 7.55. The van der Waals surface area contributed by atoms with Gasteiger partial charge in [0.25, 0.3) is 0 Å². The van der Waals surface area contributed by atoms with Crippen molar-refractivity contribution in [2.24, 2.45) is 0 Å². The third-order valence-corrected chi connectivity index (χ3v) is 7.25. The Labute approximate surface area is 201 Å². The van der Waals surface area contributed by atoms with Crippen LogP contribution in [-0.2, 0) is 26.0 Å². The number of nitrogens with zero attached hydrogens (tertiary/aromatic N) is 2. The molecule has 0 aliphatic carbocycles. The Morgan fingerprint density at radius 1 is 1.03 bits per heavy atom.